The molecule has 1 heterocycles. The van der Waals surface area contributed by atoms with E-state index in [1.165, 1.54) is 0 Å². The Bertz CT molecular complexity index is 545. The normalized spacial score (nSPS) is 15.3. The molecule has 1 amide bonds. The van der Waals surface area contributed by atoms with E-state index in [9.17, 15) is 9.59 Å². The lowest BCUT2D eigenvalue weighted by atomic mass is 9.98. The number of nitrogens with zero attached hydrogens (tertiary/aromatic N) is 1. The molecule has 1 aromatic carbocycles. The number of hydroxylamine groups is 1. The van der Waals surface area contributed by atoms with Crippen LogP contribution in [-0.2, 0) is 14.4 Å². The molecule has 0 radical (unpaired) electrons. The minimum absolute atomic E-state index is 0.431. The first-order valence-electron chi connectivity index (χ1n) is 7.33. The number of amides is 1. The van der Waals surface area contributed by atoms with E-state index in [0.717, 1.165) is 18.8 Å². The van der Waals surface area contributed by atoms with Crippen molar-refractivity contribution in [2.45, 2.75) is 20.8 Å². The average Bonchev–Trinajstić information content (AvgIpc) is 2.52. The first-order valence-corrected chi connectivity index (χ1v) is 7.33. The number of carbonyl (C=O) groups is 2. The summed E-state index contributed by atoms with van der Waals surface area (Å²) in [6.45, 7) is 7.90. The van der Waals surface area contributed by atoms with Gasteiger partial charge in [-0.2, -0.15) is 5.48 Å². The number of hydrogen-bond acceptors (Lipinski definition) is 5. The zero-order valence-electron chi connectivity index (χ0n) is 13.2. The van der Waals surface area contributed by atoms with Crippen LogP contribution < -0.4 is 10.4 Å². The third-order valence-electron chi connectivity index (χ3n) is 3.35. The molecule has 6 heteroatoms. The zero-order chi connectivity index (χ0) is 16.2. The largest absolute Gasteiger partial charge is 0.378 e. The Morgan fingerprint density at radius 3 is 2.45 bits per heavy atom. The second-order valence-electron chi connectivity index (χ2n) is 6.19. The number of hydrogen-bond donors (Lipinski definition) is 1. The molecular weight excluding hydrogens is 284 g/mol. The van der Waals surface area contributed by atoms with E-state index < -0.39 is 17.3 Å². The summed E-state index contributed by atoms with van der Waals surface area (Å²) in [5, 5.41) is 0. The highest BCUT2D eigenvalue weighted by Gasteiger charge is 2.25. The van der Waals surface area contributed by atoms with Crippen molar-refractivity contribution in [3.63, 3.8) is 0 Å². The molecular formula is C16H22N2O4. The first kappa shape index (κ1) is 16.3. The van der Waals surface area contributed by atoms with E-state index in [0.29, 0.717) is 18.8 Å². The first-order chi connectivity index (χ1) is 10.4. The monoisotopic (exact) mass is 306 g/mol. The quantitative estimate of drug-likeness (QED) is 0.843. The van der Waals surface area contributed by atoms with E-state index in [2.05, 4.69) is 10.4 Å². The van der Waals surface area contributed by atoms with Crippen molar-refractivity contribution >= 4 is 17.6 Å². The van der Waals surface area contributed by atoms with Crippen molar-refractivity contribution in [3.05, 3.63) is 29.8 Å². The highest BCUT2D eigenvalue weighted by molar-refractivity contribution is 5.99. The molecule has 1 fully saturated rings. The maximum atomic E-state index is 12.3. The second-order valence-corrected chi connectivity index (χ2v) is 6.19. The molecule has 1 N–H and O–H groups in total. The van der Waals surface area contributed by atoms with Crippen LogP contribution in [0.3, 0.4) is 0 Å². The number of ether oxygens (including phenoxy) is 1. The number of carbonyl (C=O) groups excluding carboxylic acids is 2. The van der Waals surface area contributed by atoms with Crippen LogP contribution >= 0.6 is 0 Å². The van der Waals surface area contributed by atoms with Crippen LogP contribution in [-0.4, -0.2) is 38.2 Å². The van der Waals surface area contributed by atoms with Gasteiger partial charge in [0.15, 0.2) is 0 Å². The van der Waals surface area contributed by atoms with Crippen LogP contribution in [0.1, 0.15) is 31.1 Å². The number of morpholine rings is 1. The van der Waals surface area contributed by atoms with Crippen molar-refractivity contribution in [3.8, 4) is 0 Å². The van der Waals surface area contributed by atoms with Gasteiger partial charge in [0.25, 0.3) is 5.91 Å². The Morgan fingerprint density at radius 1 is 1.18 bits per heavy atom. The van der Waals surface area contributed by atoms with Crippen molar-refractivity contribution in [1.29, 1.82) is 0 Å². The molecule has 0 saturated carbocycles. The molecule has 1 aliphatic heterocycles. The summed E-state index contributed by atoms with van der Waals surface area (Å²) in [7, 11) is 0. The van der Waals surface area contributed by atoms with Crippen LogP contribution in [0.4, 0.5) is 5.69 Å². The summed E-state index contributed by atoms with van der Waals surface area (Å²) in [5.74, 6) is -0.913. The van der Waals surface area contributed by atoms with Crippen molar-refractivity contribution in [2.75, 3.05) is 31.2 Å². The van der Waals surface area contributed by atoms with Gasteiger partial charge in [0, 0.05) is 18.8 Å². The van der Waals surface area contributed by atoms with Gasteiger partial charge < -0.3 is 14.5 Å². The van der Waals surface area contributed by atoms with Crippen LogP contribution in [0.2, 0.25) is 0 Å². The lowest BCUT2D eigenvalue weighted by Crippen LogP contribution is -2.38. The lowest BCUT2D eigenvalue weighted by molar-refractivity contribution is -0.158. The highest BCUT2D eigenvalue weighted by atomic mass is 16.7. The van der Waals surface area contributed by atoms with Crippen LogP contribution in [0, 0.1) is 5.41 Å². The van der Waals surface area contributed by atoms with E-state index in [1.54, 1.807) is 32.9 Å². The predicted molar refractivity (Wildman–Crippen MR) is 82.5 cm³/mol. The van der Waals surface area contributed by atoms with E-state index in [1.807, 2.05) is 12.1 Å². The minimum Gasteiger partial charge on any atom is -0.378 e. The molecule has 6 nitrogen and oxygen atoms in total. The Labute approximate surface area is 130 Å². The molecule has 1 aromatic rings. The number of para-hydroxylation sites is 1. The molecule has 0 atom stereocenters. The maximum absolute atomic E-state index is 12.3. The fourth-order valence-electron chi connectivity index (χ4n) is 2.05. The molecule has 22 heavy (non-hydrogen) atoms. The number of anilines is 1. The second kappa shape index (κ2) is 6.79. The number of benzene rings is 1. The number of nitrogens with one attached hydrogen (secondary N) is 1. The maximum Gasteiger partial charge on any atom is 0.337 e. The molecule has 120 valence electrons. The molecule has 1 aliphatic rings. The molecule has 0 unspecified atom stereocenters. The number of rotatable bonds is 2. The molecule has 0 spiro atoms. The van der Waals surface area contributed by atoms with Gasteiger partial charge in [-0.3, -0.25) is 4.79 Å². The topological polar surface area (TPSA) is 67.9 Å². The Kier molecular flexibility index (Phi) is 5.03. The van der Waals surface area contributed by atoms with Gasteiger partial charge in [-0.1, -0.05) is 12.1 Å². The van der Waals surface area contributed by atoms with Gasteiger partial charge >= 0.3 is 5.97 Å². The highest BCUT2D eigenvalue weighted by Crippen LogP contribution is 2.21. The van der Waals surface area contributed by atoms with Gasteiger partial charge in [-0.25, -0.2) is 4.79 Å². The van der Waals surface area contributed by atoms with Gasteiger partial charge in [0.1, 0.15) is 0 Å². The van der Waals surface area contributed by atoms with Gasteiger partial charge in [0.2, 0.25) is 0 Å². The molecule has 0 bridgehead atoms. The molecule has 1 saturated heterocycles. The SMILES string of the molecule is CC(C)(C)C(=O)ONC(=O)c1ccccc1N1CCOCC1. The van der Waals surface area contributed by atoms with Gasteiger partial charge in [0.05, 0.1) is 24.2 Å². The van der Waals surface area contributed by atoms with Crippen molar-refractivity contribution in [1.82, 2.24) is 5.48 Å². The lowest BCUT2D eigenvalue weighted by Gasteiger charge is -2.30. The van der Waals surface area contributed by atoms with Gasteiger partial charge in [-0.05, 0) is 32.9 Å². The summed E-state index contributed by atoms with van der Waals surface area (Å²) < 4.78 is 5.33. The molecule has 2 rings (SSSR count). The minimum atomic E-state index is -0.670. The van der Waals surface area contributed by atoms with Gasteiger partial charge in [-0.15, -0.1) is 0 Å². The third-order valence-corrected chi connectivity index (χ3v) is 3.35. The average molecular weight is 306 g/mol. The fourth-order valence-corrected chi connectivity index (χ4v) is 2.05. The van der Waals surface area contributed by atoms with Crippen molar-refractivity contribution in [2.24, 2.45) is 5.41 Å². The smallest absolute Gasteiger partial charge is 0.337 e. The Hall–Kier alpha value is -2.08. The predicted octanol–water partition coefficient (Wildman–Crippen LogP) is 1.76. The standard InChI is InChI=1S/C16H22N2O4/c1-16(2,3)15(20)22-17-14(19)12-6-4-5-7-13(12)18-8-10-21-11-9-18/h4-7H,8-11H2,1-3H3,(H,17,19). The van der Waals surface area contributed by atoms with E-state index >= 15 is 0 Å². The summed E-state index contributed by atoms with van der Waals surface area (Å²) >= 11 is 0. The Balaban J connectivity index is 2.08. The fraction of sp³-hybridized carbons (Fsp3) is 0.500. The summed E-state index contributed by atoms with van der Waals surface area (Å²) in [6.07, 6.45) is 0. The molecule has 0 aliphatic carbocycles. The van der Waals surface area contributed by atoms with Crippen LogP contribution in [0.25, 0.3) is 0 Å². The van der Waals surface area contributed by atoms with Crippen molar-refractivity contribution < 1.29 is 19.2 Å². The van der Waals surface area contributed by atoms with Crippen LogP contribution in [0.5, 0.6) is 0 Å². The summed E-state index contributed by atoms with van der Waals surface area (Å²) in [4.78, 5) is 31.0. The third kappa shape index (κ3) is 3.98. The van der Waals surface area contributed by atoms with Crippen LogP contribution in [0.15, 0.2) is 24.3 Å². The summed E-state index contributed by atoms with van der Waals surface area (Å²) in [6, 6.07) is 7.25. The van der Waals surface area contributed by atoms with E-state index in [-0.39, 0.29) is 0 Å². The Morgan fingerprint density at radius 2 is 1.82 bits per heavy atom. The summed E-state index contributed by atoms with van der Waals surface area (Å²) in [5.41, 5.74) is 2.86. The van der Waals surface area contributed by atoms with E-state index in [4.69, 9.17) is 9.57 Å². The zero-order valence-corrected chi connectivity index (χ0v) is 13.2. The molecule has 0 aromatic heterocycles.